The Morgan fingerprint density at radius 1 is 1.22 bits per heavy atom. The lowest BCUT2D eigenvalue weighted by molar-refractivity contribution is -0.118. The van der Waals surface area contributed by atoms with E-state index in [2.05, 4.69) is 47.7 Å². The molecule has 1 aliphatic heterocycles. The van der Waals surface area contributed by atoms with Crippen LogP contribution in [-0.4, -0.2) is 36.5 Å². The first-order valence-electron chi connectivity index (χ1n) is 8.02. The highest BCUT2D eigenvalue weighted by Gasteiger charge is 2.26. The van der Waals surface area contributed by atoms with Crippen LogP contribution in [0.3, 0.4) is 0 Å². The fourth-order valence-corrected chi connectivity index (χ4v) is 2.73. The van der Waals surface area contributed by atoms with Crippen LogP contribution in [0.5, 0.6) is 0 Å². The van der Waals surface area contributed by atoms with Gasteiger partial charge in [0.15, 0.2) is 0 Å². The quantitative estimate of drug-likeness (QED) is 0.775. The van der Waals surface area contributed by atoms with E-state index in [9.17, 15) is 9.59 Å². The average molecular weight is 318 g/mol. The van der Waals surface area contributed by atoms with Gasteiger partial charge in [-0.1, -0.05) is 26.0 Å². The van der Waals surface area contributed by atoms with Gasteiger partial charge in [-0.05, 0) is 30.0 Å². The third-order valence-corrected chi connectivity index (χ3v) is 4.47. The van der Waals surface area contributed by atoms with E-state index in [0.717, 1.165) is 18.8 Å². The minimum absolute atomic E-state index is 0.0730. The number of nitrogens with one attached hydrogen (secondary N) is 3. The van der Waals surface area contributed by atoms with Crippen LogP contribution in [0.2, 0.25) is 0 Å². The number of carbonyl (C=O) groups excluding carboxylic acids is 2. The largest absolute Gasteiger partial charge is 0.376 e. The van der Waals surface area contributed by atoms with Gasteiger partial charge in [0, 0.05) is 31.9 Å². The van der Waals surface area contributed by atoms with E-state index in [1.807, 2.05) is 12.1 Å². The van der Waals surface area contributed by atoms with E-state index in [0.29, 0.717) is 12.0 Å². The van der Waals surface area contributed by atoms with E-state index in [1.54, 1.807) is 0 Å². The lowest BCUT2D eigenvalue weighted by Crippen LogP contribution is -2.40. The molecular formula is C17H26N4O2. The van der Waals surface area contributed by atoms with E-state index >= 15 is 0 Å². The maximum atomic E-state index is 11.7. The summed E-state index contributed by atoms with van der Waals surface area (Å²) in [6, 6.07) is 6.13. The maximum Gasteiger partial charge on any atom is 0.321 e. The molecule has 1 atom stereocenters. The minimum Gasteiger partial charge on any atom is -0.376 e. The molecule has 0 saturated heterocycles. The number of hydrogen-bond acceptors (Lipinski definition) is 4. The zero-order valence-electron chi connectivity index (χ0n) is 14.3. The van der Waals surface area contributed by atoms with Crippen molar-refractivity contribution in [3.63, 3.8) is 0 Å². The zero-order chi connectivity index (χ0) is 17.0. The molecule has 3 N–H and O–H groups in total. The molecule has 23 heavy (non-hydrogen) atoms. The van der Waals surface area contributed by atoms with E-state index in [-0.39, 0.29) is 12.5 Å². The highest BCUT2D eigenvalue weighted by atomic mass is 16.2. The fraction of sp³-hybridized carbons (Fsp3) is 0.529. The monoisotopic (exact) mass is 318 g/mol. The van der Waals surface area contributed by atoms with Crippen molar-refractivity contribution in [3.8, 4) is 0 Å². The molecule has 0 aromatic heterocycles. The van der Waals surface area contributed by atoms with Crippen LogP contribution in [-0.2, 0) is 17.9 Å². The van der Waals surface area contributed by atoms with Crippen molar-refractivity contribution in [1.29, 1.82) is 0 Å². The summed E-state index contributed by atoms with van der Waals surface area (Å²) < 4.78 is 0. The second-order valence-electron chi connectivity index (χ2n) is 6.31. The summed E-state index contributed by atoms with van der Waals surface area (Å²) in [4.78, 5) is 25.3. The van der Waals surface area contributed by atoms with Crippen molar-refractivity contribution in [2.24, 2.45) is 5.92 Å². The number of imide groups is 1. The zero-order valence-corrected chi connectivity index (χ0v) is 14.3. The highest BCUT2D eigenvalue weighted by Crippen LogP contribution is 2.31. The molecule has 0 fully saturated rings. The molecule has 1 heterocycles. The van der Waals surface area contributed by atoms with Crippen LogP contribution in [0.25, 0.3) is 0 Å². The molecule has 1 aromatic rings. The van der Waals surface area contributed by atoms with Crippen LogP contribution in [0, 0.1) is 5.92 Å². The van der Waals surface area contributed by atoms with Crippen molar-refractivity contribution >= 4 is 17.6 Å². The summed E-state index contributed by atoms with van der Waals surface area (Å²) in [7, 11) is 1.48. The molecular weight excluding hydrogens is 292 g/mol. The molecule has 2 rings (SSSR count). The molecule has 6 nitrogen and oxygen atoms in total. The Kier molecular flexibility index (Phi) is 5.60. The summed E-state index contributed by atoms with van der Waals surface area (Å²) in [5, 5.41) is 7.75. The summed E-state index contributed by atoms with van der Waals surface area (Å²) in [6.07, 6.45) is 0. The Labute approximate surface area is 137 Å². The van der Waals surface area contributed by atoms with Gasteiger partial charge in [-0.3, -0.25) is 15.0 Å². The number of amides is 3. The molecule has 0 spiro atoms. The number of anilines is 1. The third-order valence-electron chi connectivity index (χ3n) is 4.47. The Balaban J connectivity index is 2.00. The smallest absolute Gasteiger partial charge is 0.321 e. The van der Waals surface area contributed by atoms with Crippen molar-refractivity contribution < 1.29 is 9.59 Å². The number of benzene rings is 1. The predicted octanol–water partition coefficient (Wildman–Crippen LogP) is 1.91. The Hall–Kier alpha value is -2.08. The second kappa shape index (κ2) is 7.46. The Morgan fingerprint density at radius 3 is 2.61 bits per heavy atom. The van der Waals surface area contributed by atoms with Crippen LogP contribution in [0.4, 0.5) is 10.5 Å². The van der Waals surface area contributed by atoms with Crippen molar-refractivity contribution in [2.75, 3.05) is 18.9 Å². The van der Waals surface area contributed by atoms with Crippen molar-refractivity contribution in [3.05, 3.63) is 29.3 Å². The van der Waals surface area contributed by atoms with Gasteiger partial charge in [0.05, 0.1) is 6.54 Å². The van der Waals surface area contributed by atoms with Crippen LogP contribution in [0.15, 0.2) is 18.2 Å². The molecule has 126 valence electrons. The topological polar surface area (TPSA) is 73.5 Å². The van der Waals surface area contributed by atoms with Gasteiger partial charge in [0.2, 0.25) is 5.91 Å². The van der Waals surface area contributed by atoms with Crippen LogP contribution >= 0.6 is 0 Å². The van der Waals surface area contributed by atoms with Crippen molar-refractivity contribution in [1.82, 2.24) is 15.5 Å². The van der Waals surface area contributed by atoms with Gasteiger partial charge in [0.25, 0.3) is 0 Å². The molecule has 3 amide bonds. The summed E-state index contributed by atoms with van der Waals surface area (Å²) in [5.74, 6) is 0.242. The van der Waals surface area contributed by atoms with Gasteiger partial charge in [-0.15, -0.1) is 0 Å². The van der Waals surface area contributed by atoms with Crippen molar-refractivity contribution in [2.45, 2.75) is 39.9 Å². The van der Waals surface area contributed by atoms with E-state index in [1.165, 1.54) is 18.2 Å². The SMILES string of the molecule is CNC(=O)NC(=O)CNc1cccc2c1CN(C(C)C(C)C)C2. The lowest BCUT2D eigenvalue weighted by atomic mass is 10.1. The van der Waals surface area contributed by atoms with E-state index in [4.69, 9.17) is 0 Å². The first kappa shape index (κ1) is 17.3. The third kappa shape index (κ3) is 4.22. The standard InChI is InChI=1S/C17H26N4O2/c1-11(2)12(3)21-9-13-6-5-7-15(14(13)10-21)19-8-16(22)20-17(23)18-4/h5-7,11-12,19H,8-10H2,1-4H3,(H2,18,20,22,23). The molecule has 0 aliphatic carbocycles. The van der Waals surface area contributed by atoms with Gasteiger partial charge in [0.1, 0.15) is 0 Å². The summed E-state index contributed by atoms with van der Waals surface area (Å²) in [5.41, 5.74) is 3.51. The van der Waals surface area contributed by atoms with Gasteiger partial charge < -0.3 is 10.6 Å². The average Bonchev–Trinajstić information content (AvgIpc) is 2.96. The Morgan fingerprint density at radius 2 is 1.96 bits per heavy atom. The van der Waals surface area contributed by atoms with Crippen LogP contribution < -0.4 is 16.0 Å². The highest BCUT2D eigenvalue weighted by molar-refractivity contribution is 5.96. The number of carbonyl (C=O) groups is 2. The Bertz CT molecular complexity index is 586. The van der Waals surface area contributed by atoms with E-state index < -0.39 is 6.03 Å². The first-order valence-corrected chi connectivity index (χ1v) is 8.02. The van der Waals surface area contributed by atoms with Gasteiger partial charge in [-0.25, -0.2) is 4.79 Å². The first-order chi connectivity index (χ1) is 10.9. The fourth-order valence-electron chi connectivity index (χ4n) is 2.73. The lowest BCUT2D eigenvalue weighted by Gasteiger charge is -2.27. The number of hydrogen-bond donors (Lipinski definition) is 3. The number of rotatable bonds is 5. The second-order valence-corrected chi connectivity index (χ2v) is 6.31. The van der Waals surface area contributed by atoms with Crippen LogP contribution in [0.1, 0.15) is 31.9 Å². The summed E-state index contributed by atoms with van der Waals surface area (Å²) in [6.45, 7) is 8.61. The molecule has 0 bridgehead atoms. The molecule has 1 aromatic carbocycles. The molecule has 1 aliphatic rings. The number of nitrogens with zero attached hydrogens (tertiary/aromatic N) is 1. The molecule has 1 unspecified atom stereocenters. The normalized spacial score (nSPS) is 15.2. The number of urea groups is 1. The van der Waals surface area contributed by atoms with Gasteiger partial charge >= 0.3 is 6.03 Å². The van der Waals surface area contributed by atoms with Gasteiger partial charge in [-0.2, -0.15) is 0 Å². The molecule has 0 radical (unpaired) electrons. The minimum atomic E-state index is -0.493. The molecule has 0 saturated carbocycles. The predicted molar refractivity (Wildman–Crippen MR) is 91.1 cm³/mol. The number of fused-ring (bicyclic) bond motifs is 1. The molecule has 6 heteroatoms. The maximum absolute atomic E-state index is 11.7. The summed E-state index contributed by atoms with van der Waals surface area (Å²) >= 11 is 0.